The summed E-state index contributed by atoms with van der Waals surface area (Å²) in [4.78, 5) is 12.9. The highest BCUT2D eigenvalue weighted by molar-refractivity contribution is 6.35. The molecule has 0 saturated carbocycles. The van der Waals surface area contributed by atoms with Crippen LogP contribution in [0.25, 0.3) is 11.3 Å². The number of hydrogen-bond acceptors (Lipinski definition) is 4. The minimum atomic E-state index is -0.330. The summed E-state index contributed by atoms with van der Waals surface area (Å²) in [6.07, 6.45) is 2.42. The van der Waals surface area contributed by atoms with Crippen molar-refractivity contribution in [2.24, 2.45) is 7.05 Å². The van der Waals surface area contributed by atoms with Crippen molar-refractivity contribution in [1.29, 1.82) is 0 Å². The first-order chi connectivity index (χ1) is 13.9. The van der Waals surface area contributed by atoms with Crippen molar-refractivity contribution in [2.75, 3.05) is 13.1 Å². The number of carbonyl (C=O) groups excluding carboxylic acids is 1. The molecule has 9 heteroatoms. The van der Waals surface area contributed by atoms with Gasteiger partial charge in [0.1, 0.15) is 0 Å². The van der Waals surface area contributed by atoms with Gasteiger partial charge in [-0.05, 0) is 42.3 Å². The molecular weight excluding hydrogens is 435 g/mol. The maximum atomic E-state index is 12.9. The molecule has 3 aromatic rings. The highest BCUT2D eigenvalue weighted by Gasteiger charge is 2.29. The molecule has 6 nitrogen and oxygen atoms in total. The molecule has 152 valence electrons. The Hall–Kier alpha value is -1.99. The average molecular weight is 454 g/mol. The molecular formula is C20H19Cl3N4O2. The van der Waals surface area contributed by atoms with Crippen LogP contribution in [-0.4, -0.2) is 34.8 Å². The van der Waals surface area contributed by atoms with Crippen molar-refractivity contribution < 1.29 is 9.21 Å². The summed E-state index contributed by atoms with van der Waals surface area (Å²) in [6.45, 7) is 1.54. The topological polar surface area (TPSA) is 72.1 Å². The second kappa shape index (κ2) is 8.40. The molecule has 0 aliphatic carbocycles. The zero-order valence-electron chi connectivity index (χ0n) is 15.6. The zero-order chi connectivity index (χ0) is 20.5. The van der Waals surface area contributed by atoms with Gasteiger partial charge in [-0.2, -0.15) is 5.10 Å². The molecule has 1 saturated heterocycles. The Morgan fingerprint density at radius 3 is 2.72 bits per heavy atom. The van der Waals surface area contributed by atoms with Gasteiger partial charge >= 0.3 is 0 Å². The van der Waals surface area contributed by atoms with Gasteiger partial charge < -0.3 is 15.1 Å². The summed E-state index contributed by atoms with van der Waals surface area (Å²) in [6, 6.07) is 9.24. The van der Waals surface area contributed by atoms with Crippen LogP contribution in [0, 0.1) is 0 Å². The van der Waals surface area contributed by atoms with Gasteiger partial charge in [0, 0.05) is 36.6 Å². The fourth-order valence-electron chi connectivity index (χ4n) is 3.71. The summed E-state index contributed by atoms with van der Waals surface area (Å²) in [5.74, 6) is -0.0271. The minimum absolute atomic E-state index is 0.0926. The highest BCUT2D eigenvalue weighted by atomic mass is 35.5. The van der Waals surface area contributed by atoms with Crippen LogP contribution in [0.4, 0.5) is 0 Å². The van der Waals surface area contributed by atoms with Crippen LogP contribution in [0.15, 0.2) is 40.9 Å². The molecule has 29 heavy (non-hydrogen) atoms. The van der Waals surface area contributed by atoms with Gasteiger partial charge in [0.2, 0.25) is 5.22 Å². The van der Waals surface area contributed by atoms with E-state index < -0.39 is 0 Å². The lowest BCUT2D eigenvalue weighted by Gasteiger charge is -2.33. The number of rotatable bonds is 4. The van der Waals surface area contributed by atoms with E-state index in [1.807, 2.05) is 24.3 Å². The molecule has 1 amide bonds. The van der Waals surface area contributed by atoms with E-state index in [1.165, 1.54) is 6.20 Å². The second-order valence-electron chi connectivity index (χ2n) is 6.99. The van der Waals surface area contributed by atoms with Gasteiger partial charge in [0.25, 0.3) is 5.91 Å². The lowest BCUT2D eigenvalue weighted by molar-refractivity contribution is 0.0896. The Morgan fingerprint density at radius 1 is 1.28 bits per heavy atom. The maximum absolute atomic E-state index is 12.9. The molecule has 2 atom stereocenters. The molecule has 0 bridgehead atoms. The summed E-state index contributed by atoms with van der Waals surface area (Å²) in [7, 11) is 1.74. The molecule has 0 unspecified atom stereocenters. The van der Waals surface area contributed by atoms with Crippen LogP contribution >= 0.6 is 34.8 Å². The predicted molar refractivity (Wildman–Crippen MR) is 114 cm³/mol. The molecule has 1 aromatic carbocycles. The number of hydrogen-bond donors (Lipinski definition) is 2. The third kappa shape index (κ3) is 4.16. The van der Waals surface area contributed by atoms with Gasteiger partial charge in [-0.1, -0.05) is 35.3 Å². The molecule has 0 spiro atoms. The molecule has 1 aliphatic heterocycles. The van der Waals surface area contributed by atoms with Gasteiger partial charge in [0.05, 0.1) is 22.5 Å². The number of piperidine rings is 1. The van der Waals surface area contributed by atoms with E-state index in [9.17, 15) is 4.79 Å². The van der Waals surface area contributed by atoms with Crippen LogP contribution < -0.4 is 10.6 Å². The molecule has 2 aromatic heterocycles. The smallest absolute Gasteiger partial charge is 0.287 e. The first kappa shape index (κ1) is 20.3. The Labute approximate surface area is 183 Å². The number of nitrogens with one attached hydrogen (secondary N) is 2. The fourth-order valence-corrected chi connectivity index (χ4v) is 4.34. The van der Waals surface area contributed by atoms with Crippen LogP contribution in [0.5, 0.6) is 0 Å². The Bertz CT molecular complexity index is 1010. The van der Waals surface area contributed by atoms with Crippen LogP contribution in [0.3, 0.4) is 0 Å². The molecule has 1 fully saturated rings. The number of carbonyl (C=O) groups is 1. The number of amides is 1. The quantitative estimate of drug-likeness (QED) is 0.609. The highest BCUT2D eigenvalue weighted by Crippen LogP contribution is 2.35. The standard InChI is InChI=1S/C20H19Cl3N4O2/c1-27-18(15(22)9-25-27)14-8-17(29-19(14)23)20(28)26-16-10-24-7-6-13(16)11-2-4-12(21)5-3-11/h2-5,8-9,13,16,24H,6-7,10H2,1H3,(H,26,28)/t13-,16+/m0/s1. The van der Waals surface area contributed by atoms with Crippen molar-refractivity contribution in [3.8, 4) is 11.3 Å². The number of aryl methyl sites for hydroxylation is 1. The van der Waals surface area contributed by atoms with Gasteiger partial charge in [-0.3, -0.25) is 9.48 Å². The third-order valence-electron chi connectivity index (χ3n) is 5.16. The van der Waals surface area contributed by atoms with Crippen molar-refractivity contribution >= 4 is 40.7 Å². The first-order valence-corrected chi connectivity index (χ1v) is 10.3. The van der Waals surface area contributed by atoms with Crippen LogP contribution in [0.1, 0.15) is 28.5 Å². The van der Waals surface area contributed by atoms with E-state index in [4.69, 9.17) is 39.2 Å². The number of nitrogens with zero attached hydrogens (tertiary/aromatic N) is 2. The minimum Gasteiger partial charge on any atom is -0.439 e. The monoisotopic (exact) mass is 452 g/mol. The lowest BCUT2D eigenvalue weighted by atomic mass is 9.86. The maximum Gasteiger partial charge on any atom is 0.287 e. The van der Waals surface area contributed by atoms with Crippen LogP contribution in [0.2, 0.25) is 15.3 Å². The van der Waals surface area contributed by atoms with Crippen LogP contribution in [-0.2, 0) is 7.05 Å². The van der Waals surface area contributed by atoms with E-state index in [0.717, 1.165) is 18.5 Å². The van der Waals surface area contributed by atoms with Crippen molar-refractivity contribution in [3.05, 3.63) is 63.1 Å². The van der Waals surface area contributed by atoms with E-state index in [-0.39, 0.29) is 28.8 Å². The summed E-state index contributed by atoms with van der Waals surface area (Å²) in [5.41, 5.74) is 2.26. The molecule has 3 heterocycles. The van der Waals surface area contributed by atoms with E-state index in [2.05, 4.69) is 15.7 Å². The number of aromatic nitrogens is 2. The summed E-state index contributed by atoms with van der Waals surface area (Å²) < 4.78 is 7.11. The fraction of sp³-hybridized carbons (Fsp3) is 0.300. The summed E-state index contributed by atoms with van der Waals surface area (Å²) in [5, 5.41) is 11.7. The van der Waals surface area contributed by atoms with Gasteiger partial charge in [-0.25, -0.2) is 0 Å². The normalized spacial score (nSPS) is 19.3. The summed E-state index contributed by atoms with van der Waals surface area (Å²) >= 11 is 18.4. The third-order valence-corrected chi connectivity index (χ3v) is 5.97. The SMILES string of the molecule is Cn1ncc(Cl)c1-c1cc(C(=O)N[C@@H]2CNCC[C@H]2c2ccc(Cl)cc2)oc1Cl. The van der Waals surface area contributed by atoms with E-state index in [0.29, 0.717) is 27.8 Å². The van der Waals surface area contributed by atoms with Crippen molar-refractivity contribution in [1.82, 2.24) is 20.4 Å². The van der Waals surface area contributed by atoms with E-state index in [1.54, 1.807) is 17.8 Å². The Balaban J connectivity index is 1.55. The Morgan fingerprint density at radius 2 is 2.03 bits per heavy atom. The molecule has 1 aliphatic rings. The first-order valence-electron chi connectivity index (χ1n) is 9.18. The van der Waals surface area contributed by atoms with Gasteiger partial charge in [0.15, 0.2) is 5.76 Å². The van der Waals surface area contributed by atoms with Gasteiger partial charge in [-0.15, -0.1) is 0 Å². The van der Waals surface area contributed by atoms with Crippen molar-refractivity contribution in [3.63, 3.8) is 0 Å². The number of furan rings is 1. The average Bonchev–Trinajstić information content (AvgIpc) is 3.24. The zero-order valence-corrected chi connectivity index (χ0v) is 17.9. The molecule has 0 radical (unpaired) electrons. The Kier molecular flexibility index (Phi) is 5.88. The second-order valence-corrected chi connectivity index (χ2v) is 8.18. The number of benzene rings is 1. The molecule has 2 N–H and O–H groups in total. The lowest BCUT2D eigenvalue weighted by Crippen LogP contribution is -2.50. The van der Waals surface area contributed by atoms with E-state index >= 15 is 0 Å². The number of halogens is 3. The predicted octanol–water partition coefficient (Wildman–Crippen LogP) is 4.52. The molecule has 4 rings (SSSR count). The van der Waals surface area contributed by atoms with Crippen molar-refractivity contribution in [2.45, 2.75) is 18.4 Å². The largest absolute Gasteiger partial charge is 0.439 e.